The second-order valence-corrected chi connectivity index (χ2v) is 7.44. The first kappa shape index (κ1) is 23.3. The van der Waals surface area contributed by atoms with Gasteiger partial charge < -0.3 is 9.64 Å². The molecule has 3 N–H and O–H groups in total. The van der Waals surface area contributed by atoms with E-state index in [0.29, 0.717) is 37.8 Å². The van der Waals surface area contributed by atoms with Crippen molar-refractivity contribution in [1.29, 1.82) is 0 Å². The molecule has 28 heavy (non-hydrogen) atoms. The van der Waals surface area contributed by atoms with Crippen LogP contribution in [0.25, 0.3) is 0 Å². The molecule has 3 fully saturated rings. The van der Waals surface area contributed by atoms with Crippen LogP contribution in [-0.4, -0.2) is 127 Å². The number of urea groups is 1. The standard InChI is InChI=1S/C13H21N5O8S.Na/c19-11(8-16-3-5-25-6-4-16)14-15-12(20)10-2-1-9-7-17(10)13(21)18(9)26-27(22,23)24;/h9-10H,1-8H2,(H,14,19)(H,15,20)(H,22,23,24);/t9-,10+;/m1./s1. The van der Waals surface area contributed by atoms with Gasteiger partial charge in [-0.05, 0) is 12.8 Å². The third-order valence-electron chi connectivity index (χ3n) is 4.60. The van der Waals surface area contributed by atoms with E-state index in [1.807, 2.05) is 4.90 Å². The minimum atomic E-state index is -4.85. The molecule has 2 atom stereocenters. The number of nitrogens with zero attached hydrogens (tertiary/aromatic N) is 3. The summed E-state index contributed by atoms with van der Waals surface area (Å²) < 4.78 is 40.0. The molecule has 0 spiro atoms. The molecule has 1 radical (unpaired) electrons. The van der Waals surface area contributed by atoms with Crippen molar-refractivity contribution in [2.45, 2.75) is 24.9 Å². The van der Waals surface area contributed by atoms with Gasteiger partial charge in [0.05, 0.1) is 25.8 Å². The van der Waals surface area contributed by atoms with Gasteiger partial charge in [0, 0.05) is 49.2 Å². The molecule has 0 saturated carbocycles. The molecule has 3 aliphatic heterocycles. The fourth-order valence-electron chi connectivity index (χ4n) is 3.32. The first-order valence-corrected chi connectivity index (χ1v) is 9.77. The number of carbonyl (C=O) groups excluding carboxylic acids is 3. The van der Waals surface area contributed by atoms with Gasteiger partial charge in [0.1, 0.15) is 6.04 Å². The van der Waals surface area contributed by atoms with Crippen LogP contribution in [0.5, 0.6) is 0 Å². The van der Waals surface area contributed by atoms with Crippen LogP contribution in [0, 0.1) is 0 Å². The number of amides is 4. The van der Waals surface area contributed by atoms with E-state index in [-0.39, 0.29) is 49.1 Å². The number of piperidine rings is 1. The smallest absolute Gasteiger partial charge is 0.379 e. The van der Waals surface area contributed by atoms with Crippen LogP contribution in [0.4, 0.5) is 4.79 Å². The number of nitrogens with one attached hydrogen (secondary N) is 2. The summed E-state index contributed by atoms with van der Waals surface area (Å²) in [6.45, 7) is 2.52. The van der Waals surface area contributed by atoms with Crippen molar-refractivity contribution in [3.8, 4) is 0 Å². The summed E-state index contributed by atoms with van der Waals surface area (Å²) in [4.78, 5) is 39.5. The number of hydrogen-bond donors (Lipinski definition) is 3. The van der Waals surface area contributed by atoms with E-state index in [9.17, 15) is 22.8 Å². The second-order valence-electron chi connectivity index (χ2n) is 6.44. The van der Waals surface area contributed by atoms with E-state index < -0.39 is 40.3 Å². The number of ether oxygens (including phenoxy) is 1. The van der Waals surface area contributed by atoms with Gasteiger partial charge >= 0.3 is 16.4 Å². The SMILES string of the molecule is O=C(CN1CCOCC1)NNC(=O)[C@@H]1CC[C@@H]2CN1C(=O)N2OS(=O)(=O)O.[Na]. The molecule has 13 nitrogen and oxygen atoms in total. The number of hydroxylamine groups is 2. The van der Waals surface area contributed by atoms with Crippen molar-refractivity contribution >= 4 is 57.8 Å². The minimum Gasteiger partial charge on any atom is -0.379 e. The summed E-state index contributed by atoms with van der Waals surface area (Å²) in [6.07, 6.45) is 0.560. The maximum absolute atomic E-state index is 12.3. The van der Waals surface area contributed by atoms with Gasteiger partial charge in [-0.3, -0.25) is 29.9 Å². The fourth-order valence-corrected chi connectivity index (χ4v) is 3.71. The summed E-state index contributed by atoms with van der Waals surface area (Å²) >= 11 is 0. The van der Waals surface area contributed by atoms with Gasteiger partial charge in [-0.15, -0.1) is 4.28 Å². The molecule has 3 rings (SSSR count). The van der Waals surface area contributed by atoms with Crippen LogP contribution >= 0.6 is 0 Å². The average molecular weight is 430 g/mol. The van der Waals surface area contributed by atoms with Crippen molar-refractivity contribution in [2.75, 3.05) is 39.4 Å². The molecule has 0 aliphatic carbocycles. The summed E-state index contributed by atoms with van der Waals surface area (Å²) in [5.41, 5.74) is 4.60. The topological polar surface area (TPSA) is 158 Å². The zero-order chi connectivity index (χ0) is 19.6. The molecule has 0 unspecified atom stereocenters. The molecule has 3 aliphatic rings. The summed E-state index contributed by atoms with van der Waals surface area (Å²) in [7, 11) is -4.85. The van der Waals surface area contributed by atoms with E-state index in [2.05, 4.69) is 15.1 Å². The molecule has 4 amide bonds. The molecular weight excluding hydrogens is 409 g/mol. The Labute approximate surface area is 183 Å². The van der Waals surface area contributed by atoms with Crippen molar-refractivity contribution < 1.29 is 36.4 Å². The number of hydrazine groups is 1. The Morgan fingerprint density at radius 1 is 1.21 bits per heavy atom. The van der Waals surface area contributed by atoms with Crippen LogP contribution in [0.15, 0.2) is 0 Å². The Balaban J connectivity index is 0.00000280. The molecule has 0 aromatic heterocycles. The van der Waals surface area contributed by atoms with E-state index in [0.717, 1.165) is 4.90 Å². The zero-order valence-electron chi connectivity index (χ0n) is 15.4. The van der Waals surface area contributed by atoms with Gasteiger partial charge in [-0.25, -0.2) is 4.79 Å². The van der Waals surface area contributed by atoms with Crippen LogP contribution in [0.2, 0.25) is 0 Å². The number of carbonyl (C=O) groups is 3. The second kappa shape index (κ2) is 9.67. The van der Waals surface area contributed by atoms with Crippen LogP contribution < -0.4 is 10.9 Å². The van der Waals surface area contributed by atoms with Gasteiger partial charge in [-0.1, -0.05) is 0 Å². The first-order chi connectivity index (χ1) is 12.7. The Kier molecular flexibility index (Phi) is 8.04. The molecule has 0 aromatic rings. The molecule has 2 bridgehead atoms. The molecule has 0 aromatic carbocycles. The van der Waals surface area contributed by atoms with Gasteiger partial charge in [0.25, 0.3) is 11.8 Å². The molecule has 3 saturated heterocycles. The number of rotatable bonds is 5. The van der Waals surface area contributed by atoms with E-state index in [1.54, 1.807) is 0 Å². The van der Waals surface area contributed by atoms with Crippen molar-refractivity contribution in [2.24, 2.45) is 0 Å². The molecule has 15 heteroatoms. The molecule has 153 valence electrons. The van der Waals surface area contributed by atoms with E-state index in [1.165, 1.54) is 0 Å². The maximum Gasteiger partial charge on any atom is 0.418 e. The Bertz CT molecular complexity index is 716. The van der Waals surface area contributed by atoms with Crippen LogP contribution in [-0.2, 0) is 29.0 Å². The first-order valence-electron chi connectivity index (χ1n) is 8.40. The summed E-state index contributed by atoms with van der Waals surface area (Å²) in [5.74, 6) is -0.992. The largest absolute Gasteiger partial charge is 0.418 e. The number of morpholine rings is 1. The summed E-state index contributed by atoms with van der Waals surface area (Å²) in [5, 5.41) is 0.555. The summed E-state index contributed by atoms with van der Waals surface area (Å²) in [6, 6.07) is -2.30. The zero-order valence-corrected chi connectivity index (χ0v) is 18.2. The minimum absolute atomic E-state index is 0. The van der Waals surface area contributed by atoms with Crippen molar-refractivity contribution in [1.82, 2.24) is 25.7 Å². The maximum atomic E-state index is 12.3. The Morgan fingerprint density at radius 3 is 2.54 bits per heavy atom. The fraction of sp³-hybridized carbons (Fsp3) is 0.769. The van der Waals surface area contributed by atoms with E-state index in [4.69, 9.17) is 9.29 Å². The monoisotopic (exact) mass is 430 g/mol. The third kappa shape index (κ3) is 5.76. The predicted octanol–water partition coefficient (Wildman–Crippen LogP) is -2.91. The number of fused-ring (bicyclic) bond motifs is 2. The number of hydrogen-bond acceptors (Lipinski definition) is 8. The Hall–Kier alpha value is -1.00. The van der Waals surface area contributed by atoms with Crippen molar-refractivity contribution in [3.05, 3.63) is 0 Å². The van der Waals surface area contributed by atoms with Crippen LogP contribution in [0.1, 0.15) is 12.8 Å². The van der Waals surface area contributed by atoms with E-state index >= 15 is 0 Å². The molecular formula is C13H21N5NaO8S. The van der Waals surface area contributed by atoms with Gasteiger partial charge in [0.2, 0.25) is 0 Å². The average Bonchev–Trinajstić information content (AvgIpc) is 2.84. The molecule has 3 heterocycles. The van der Waals surface area contributed by atoms with Gasteiger partial charge in [0.15, 0.2) is 0 Å². The van der Waals surface area contributed by atoms with Crippen molar-refractivity contribution in [3.63, 3.8) is 0 Å². The Morgan fingerprint density at radius 2 is 1.89 bits per heavy atom. The third-order valence-corrected chi connectivity index (χ3v) is 4.95. The normalized spacial score (nSPS) is 25.2. The van der Waals surface area contributed by atoms with Gasteiger partial charge in [-0.2, -0.15) is 13.5 Å². The van der Waals surface area contributed by atoms with Crippen LogP contribution in [0.3, 0.4) is 0 Å². The quantitative estimate of drug-likeness (QED) is 0.236. The predicted molar refractivity (Wildman–Crippen MR) is 92.7 cm³/mol.